The summed E-state index contributed by atoms with van der Waals surface area (Å²) in [6.07, 6.45) is -0.692. The third-order valence-corrected chi connectivity index (χ3v) is 3.77. The molecule has 0 aliphatic heterocycles. The third-order valence-electron chi connectivity index (χ3n) is 3.77. The molecule has 118 valence electrons. The highest BCUT2D eigenvalue weighted by Gasteiger charge is 2.55. The highest BCUT2D eigenvalue weighted by Crippen LogP contribution is 2.35. The number of rotatable bonds is 4. The zero-order valence-electron chi connectivity index (χ0n) is 12.1. The van der Waals surface area contributed by atoms with Crippen LogP contribution >= 0.6 is 0 Å². The van der Waals surface area contributed by atoms with E-state index in [0.717, 1.165) is 6.08 Å². The number of carbonyl (C=O) groups is 2. The van der Waals surface area contributed by atoms with E-state index in [2.05, 4.69) is 0 Å². The predicted molar refractivity (Wildman–Crippen MR) is 76.9 cm³/mol. The van der Waals surface area contributed by atoms with Gasteiger partial charge in [0.15, 0.2) is 11.9 Å². The number of carbonyl (C=O) groups excluding carboxylic acids is 2. The minimum Gasteiger partial charge on any atom is -0.383 e. The number of ketones is 2. The van der Waals surface area contributed by atoms with Gasteiger partial charge >= 0.3 is 0 Å². The van der Waals surface area contributed by atoms with Gasteiger partial charge in [-0.1, -0.05) is 43.7 Å². The molecule has 4 N–H and O–H groups in total. The molecule has 0 fully saturated rings. The fourth-order valence-electron chi connectivity index (χ4n) is 2.56. The van der Waals surface area contributed by atoms with Crippen LogP contribution in [0.15, 0.2) is 42.0 Å². The van der Waals surface area contributed by atoms with Crippen molar-refractivity contribution in [2.24, 2.45) is 0 Å². The average Bonchev–Trinajstić information content (AvgIpc) is 2.50. The van der Waals surface area contributed by atoms with E-state index in [1.807, 2.05) is 0 Å². The second kappa shape index (κ2) is 5.73. The zero-order valence-corrected chi connectivity index (χ0v) is 12.1. The first-order chi connectivity index (χ1) is 10.2. The van der Waals surface area contributed by atoms with Gasteiger partial charge < -0.3 is 20.4 Å². The predicted octanol–water partition coefficient (Wildman–Crippen LogP) is -0.0486. The third kappa shape index (κ3) is 2.62. The van der Waals surface area contributed by atoms with E-state index in [1.165, 1.54) is 12.1 Å². The van der Waals surface area contributed by atoms with Gasteiger partial charge in [0.2, 0.25) is 5.78 Å². The Morgan fingerprint density at radius 2 is 1.77 bits per heavy atom. The number of aliphatic hydroxyl groups is 4. The van der Waals surface area contributed by atoms with Crippen molar-refractivity contribution in [3.8, 4) is 0 Å². The first-order valence-corrected chi connectivity index (χ1v) is 6.96. The molecule has 0 saturated heterocycles. The largest absolute Gasteiger partial charge is 0.383 e. The van der Waals surface area contributed by atoms with Crippen LogP contribution in [0.3, 0.4) is 0 Å². The van der Waals surface area contributed by atoms with E-state index in [4.69, 9.17) is 0 Å². The average molecular weight is 306 g/mol. The number of aliphatic hydroxyl groups excluding tert-OH is 1. The van der Waals surface area contributed by atoms with Crippen molar-refractivity contribution < 1.29 is 30.0 Å². The Balaban J connectivity index is 2.55. The molecule has 1 aliphatic carbocycles. The molecule has 2 unspecified atom stereocenters. The number of hydrogen-bond donors (Lipinski definition) is 4. The van der Waals surface area contributed by atoms with E-state index in [9.17, 15) is 30.0 Å². The lowest BCUT2D eigenvalue weighted by atomic mass is 9.75. The molecule has 0 bridgehead atoms. The number of hydrogen-bond acceptors (Lipinski definition) is 6. The molecule has 2 rings (SSSR count). The molecule has 2 atom stereocenters. The van der Waals surface area contributed by atoms with Crippen LogP contribution < -0.4 is 0 Å². The van der Waals surface area contributed by atoms with Crippen molar-refractivity contribution >= 4 is 11.6 Å². The Morgan fingerprint density at radius 1 is 1.18 bits per heavy atom. The molecule has 1 aromatic carbocycles. The Morgan fingerprint density at radius 3 is 2.32 bits per heavy atom. The van der Waals surface area contributed by atoms with E-state index in [-0.39, 0.29) is 12.0 Å². The molecule has 6 heteroatoms. The van der Waals surface area contributed by atoms with E-state index < -0.39 is 34.6 Å². The van der Waals surface area contributed by atoms with Crippen LogP contribution in [0.1, 0.15) is 30.1 Å². The van der Waals surface area contributed by atoms with Crippen LogP contribution in [0, 0.1) is 0 Å². The van der Waals surface area contributed by atoms with Gasteiger partial charge in [-0.05, 0) is 12.5 Å². The van der Waals surface area contributed by atoms with Crippen molar-refractivity contribution in [3.63, 3.8) is 0 Å². The van der Waals surface area contributed by atoms with Gasteiger partial charge in [0.25, 0.3) is 5.79 Å². The summed E-state index contributed by atoms with van der Waals surface area (Å²) in [5.41, 5.74) is -2.50. The summed E-state index contributed by atoms with van der Waals surface area (Å²) in [7, 11) is 0. The Bertz CT molecular complexity index is 619. The van der Waals surface area contributed by atoms with Crippen molar-refractivity contribution in [2.45, 2.75) is 37.3 Å². The lowest BCUT2D eigenvalue weighted by Gasteiger charge is -2.39. The summed E-state index contributed by atoms with van der Waals surface area (Å²) in [5, 5.41) is 40.1. The number of benzene rings is 1. The van der Waals surface area contributed by atoms with Gasteiger partial charge in [0.1, 0.15) is 5.60 Å². The summed E-state index contributed by atoms with van der Waals surface area (Å²) in [6.45, 7) is 1.72. The quantitative estimate of drug-likeness (QED) is 0.458. The normalized spacial score (nSPS) is 27.4. The molecule has 22 heavy (non-hydrogen) atoms. The first kappa shape index (κ1) is 16.5. The van der Waals surface area contributed by atoms with Crippen LogP contribution in [-0.4, -0.2) is 49.5 Å². The van der Waals surface area contributed by atoms with Gasteiger partial charge in [0, 0.05) is 5.56 Å². The minimum absolute atomic E-state index is 0.00154. The van der Waals surface area contributed by atoms with Gasteiger partial charge in [-0.3, -0.25) is 9.59 Å². The van der Waals surface area contributed by atoms with Crippen molar-refractivity contribution in [1.82, 2.24) is 0 Å². The molecule has 6 nitrogen and oxygen atoms in total. The molecule has 0 amide bonds. The smallest absolute Gasteiger partial charge is 0.258 e. The van der Waals surface area contributed by atoms with E-state index in [0.29, 0.717) is 6.42 Å². The maximum Gasteiger partial charge on any atom is 0.258 e. The summed E-state index contributed by atoms with van der Waals surface area (Å²) in [6, 6.07) is 7.75. The lowest BCUT2D eigenvalue weighted by molar-refractivity contribution is -0.191. The van der Waals surface area contributed by atoms with E-state index >= 15 is 0 Å². The molecular formula is C16H18O6. The van der Waals surface area contributed by atoms with Crippen molar-refractivity contribution in [3.05, 3.63) is 47.5 Å². The molecule has 0 saturated carbocycles. The standard InChI is InChI=1S/C16H18O6/c1-2-8-15(20)9-11(16(21,22)14(19)13(15)18)12(17)10-6-4-3-5-7-10/h3-7,9,13,18,20-22H,2,8H2,1H3. The maximum absolute atomic E-state index is 12.4. The summed E-state index contributed by atoms with van der Waals surface area (Å²) in [4.78, 5) is 24.4. The topological polar surface area (TPSA) is 115 Å². The second-order valence-corrected chi connectivity index (χ2v) is 5.43. The highest BCUT2D eigenvalue weighted by atomic mass is 16.5. The number of Topliss-reactive ketones (excluding diaryl/α,β-unsaturated/α-hetero) is 2. The molecule has 0 aromatic heterocycles. The lowest BCUT2D eigenvalue weighted by Crippen LogP contribution is -2.60. The fourth-order valence-corrected chi connectivity index (χ4v) is 2.56. The molecule has 0 spiro atoms. The maximum atomic E-state index is 12.4. The molecule has 1 aromatic rings. The fraction of sp³-hybridized carbons (Fsp3) is 0.375. The van der Waals surface area contributed by atoms with Gasteiger partial charge in [-0.15, -0.1) is 0 Å². The van der Waals surface area contributed by atoms with Crippen LogP contribution in [0.5, 0.6) is 0 Å². The SMILES string of the molecule is CCCC1(O)C=C(C(=O)c2ccccc2)C(O)(O)C(=O)C1O. The van der Waals surface area contributed by atoms with Crippen LogP contribution in [-0.2, 0) is 4.79 Å². The second-order valence-electron chi connectivity index (χ2n) is 5.43. The van der Waals surface area contributed by atoms with Gasteiger partial charge in [0.05, 0.1) is 5.57 Å². The molecular weight excluding hydrogens is 288 g/mol. The van der Waals surface area contributed by atoms with Crippen LogP contribution in [0.25, 0.3) is 0 Å². The zero-order chi connectivity index (χ0) is 16.5. The Hall–Kier alpha value is -1.86. The van der Waals surface area contributed by atoms with Crippen molar-refractivity contribution in [2.75, 3.05) is 0 Å². The molecule has 0 heterocycles. The Labute approximate surface area is 127 Å². The summed E-state index contributed by atoms with van der Waals surface area (Å²) < 4.78 is 0. The van der Waals surface area contributed by atoms with Gasteiger partial charge in [-0.25, -0.2) is 0 Å². The Kier molecular flexibility index (Phi) is 4.30. The van der Waals surface area contributed by atoms with Crippen LogP contribution in [0.2, 0.25) is 0 Å². The van der Waals surface area contributed by atoms with Crippen LogP contribution in [0.4, 0.5) is 0 Å². The first-order valence-electron chi connectivity index (χ1n) is 6.96. The van der Waals surface area contributed by atoms with Crippen molar-refractivity contribution in [1.29, 1.82) is 0 Å². The monoisotopic (exact) mass is 306 g/mol. The minimum atomic E-state index is -3.13. The van der Waals surface area contributed by atoms with E-state index in [1.54, 1.807) is 25.1 Å². The van der Waals surface area contributed by atoms with Gasteiger partial charge in [-0.2, -0.15) is 0 Å². The highest BCUT2D eigenvalue weighted by molar-refractivity contribution is 6.15. The summed E-state index contributed by atoms with van der Waals surface area (Å²) in [5.74, 6) is -5.34. The molecule has 1 aliphatic rings. The summed E-state index contributed by atoms with van der Waals surface area (Å²) >= 11 is 0. The molecule has 0 radical (unpaired) electrons.